The first-order valence-corrected chi connectivity index (χ1v) is 7.88. The van der Waals surface area contributed by atoms with E-state index in [1.807, 2.05) is 0 Å². The van der Waals surface area contributed by atoms with Gasteiger partial charge in [-0.25, -0.2) is 0 Å². The van der Waals surface area contributed by atoms with Gasteiger partial charge in [-0.3, -0.25) is 4.90 Å². The van der Waals surface area contributed by atoms with E-state index in [1.54, 1.807) is 0 Å². The molecule has 0 aromatic carbocycles. The molecule has 0 bridgehead atoms. The van der Waals surface area contributed by atoms with Crippen molar-refractivity contribution in [1.82, 2.24) is 10.2 Å². The molecule has 0 aliphatic carbocycles. The second-order valence-electron chi connectivity index (χ2n) is 5.24. The van der Waals surface area contributed by atoms with Crippen LogP contribution in [0.15, 0.2) is 0 Å². The van der Waals surface area contributed by atoms with Crippen LogP contribution in [0.4, 0.5) is 0 Å². The number of hydrogen-bond donors (Lipinski definition) is 1. The van der Waals surface area contributed by atoms with Crippen molar-refractivity contribution in [1.29, 1.82) is 0 Å². The lowest BCUT2D eigenvalue weighted by Gasteiger charge is -2.27. The summed E-state index contributed by atoms with van der Waals surface area (Å²) >= 11 is 2.11. The summed E-state index contributed by atoms with van der Waals surface area (Å²) < 4.78 is 0. The molecule has 0 spiro atoms. The molecule has 3 heteroatoms. The molecule has 1 atom stereocenters. The topological polar surface area (TPSA) is 15.3 Å². The van der Waals surface area contributed by atoms with Crippen LogP contribution >= 0.6 is 11.8 Å². The lowest BCUT2D eigenvalue weighted by Crippen LogP contribution is -2.41. The molecule has 1 heterocycles. The molecule has 1 aliphatic heterocycles. The molecule has 0 amide bonds. The maximum atomic E-state index is 3.59. The van der Waals surface area contributed by atoms with Crippen molar-refractivity contribution in [2.45, 2.75) is 39.7 Å². The molecular formula is C13H28N2S. The summed E-state index contributed by atoms with van der Waals surface area (Å²) in [5.74, 6) is 3.48. The zero-order valence-corrected chi connectivity index (χ0v) is 12.0. The van der Waals surface area contributed by atoms with Crippen molar-refractivity contribution in [3.8, 4) is 0 Å². The Balaban J connectivity index is 2.10. The van der Waals surface area contributed by atoms with Gasteiger partial charge < -0.3 is 5.32 Å². The van der Waals surface area contributed by atoms with Gasteiger partial charge in [0, 0.05) is 24.9 Å². The second kappa shape index (κ2) is 8.37. The molecule has 0 radical (unpaired) electrons. The van der Waals surface area contributed by atoms with Crippen molar-refractivity contribution >= 4 is 11.8 Å². The summed E-state index contributed by atoms with van der Waals surface area (Å²) in [6.07, 6.45) is 2.66. The molecule has 16 heavy (non-hydrogen) atoms. The number of rotatable bonds is 6. The summed E-state index contributed by atoms with van der Waals surface area (Å²) in [6.45, 7) is 11.8. The highest BCUT2D eigenvalue weighted by Gasteiger charge is 2.14. The van der Waals surface area contributed by atoms with Crippen LogP contribution in [0.25, 0.3) is 0 Å². The first-order chi connectivity index (χ1) is 7.70. The van der Waals surface area contributed by atoms with Gasteiger partial charge in [-0.1, -0.05) is 13.8 Å². The molecule has 1 unspecified atom stereocenters. The summed E-state index contributed by atoms with van der Waals surface area (Å²) in [5.41, 5.74) is 0. The first kappa shape index (κ1) is 14.3. The summed E-state index contributed by atoms with van der Waals surface area (Å²) in [6, 6.07) is 0.700. The zero-order chi connectivity index (χ0) is 11.8. The molecular weight excluding hydrogens is 216 g/mol. The molecule has 1 rings (SSSR count). The van der Waals surface area contributed by atoms with Crippen LogP contribution in [-0.2, 0) is 0 Å². The van der Waals surface area contributed by atoms with E-state index in [4.69, 9.17) is 0 Å². The Bertz CT molecular complexity index is 165. The molecule has 0 aromatic heterocycles. The predicted octanol–water partition coefficient (Wildman–Crippen LogP) is 2.45. The van der Waals surface area contributed by atoms with Crippen LogP contribution in [-0.4, -0.2) is 48.6 Å². The fourth-order valence-corrected chi connectivity index (χ4v) is 2.94. The monoisotopic (exact) mass is 244 g/mol. The minimum atomic E-state index is 0.700. The van der Waals surface area contributed by atoms with Gasteiger partial charge in [0.1, 0.15) is 0 Å². The van der Waals surface area contributed by atoms with Crippen molar-refractivity contribution in [2.75, 3.05) is 37.7 Å². The minimum absolute atomic E-state index is 0.700. The highest BCUT2D eigenvalue weighted by molar-refractivity contribution is 7.99. The van der Waals surface area contributed by atoms with Crippen LogP contribution in [0.3, 0.4) is 0 Å². The third kappa shape index (κ3) is 6.12. The third-order valence-corrected chi connectivity index (χ3v) is 4.27. The molecule has 0 aromatic rings. The maximum Gasteiger partial charge on any atom is 0.0192 e. The molecule has 1 saturated heterocycles. The van der Waals surface area contributed by atoms with Gasteiger partial charge in [0.05, 0.1) is 0 Å². The predicted molar refractivity (Wildman–Crippen MR) is 75.3 cm³/mol. The largest absolute Gasteiger partial charge is 0.315 e. The number of thioether (sulfide) groups is 1. The van der Waals surface area contributed by atoms with E-state index in [0.717, 1.165) is 12.5 Å². The molecule has 2 nitrogen and oxygen atoms in total. The Morgan fingerprint density at radius 1 is 1.19 bits per heavy atom. The van der Waals surface area contributed by atoms with Crippen LogP contribution < -0.4 is 5.32 Å². The molecule has 1 N–H and O–H groups in total. The van der Waals surface area contributed by atoms with E-state index >= 15 is 0 Å². The van der Waals surface area contributed by atoms with E-state index in [2.05, 4.69) is 42.7 Å². The van der Waals surface area contributed by atoms with Crippen molar-refractivity contribution < 1.29 is 0 Å². The standard InChI is InChI=1S/C13H28N2S/c1-12(2)5-6-14-11-13(3)15-7-4-9-16-10-8-15/h12-14H,4-11H2,1-3H3. The maximum absolute atomic E-state index is 3.59. The molecule has 0 saturated carbocycles. The Morgan fingerprint density at radius 2 is 2.00 bits per heavy atom. The number of hydrogen-bond acceptors (Lipinski definition) is 3. The van der Waals surface area contributed by atoms with Gasteiger partial charge in [0.15, 0.2) is 0 Å². The normalized spacial score (nSPS) is 21.0. The highest BCUT2D eigenvalue weighted by atomic mass is 32.2. The average molecular weight is 244 g/mol. The van der Waals surface area contributed by atoms with Gasteiger partial charge in [0.2, 0.25) is 0 Å². The summed E-state index contributed by atoms with van der Waals surface area (Å²) in [4.78, 5) is 2.64. The summed E-state index contributed by atoms with van der Waals surface area (Å²) in [7, 11) is 0. The lowest BCUT2D eigenvalue weighted by molar-refractivity contribution is 0.219. The van der Waals surface area contributed by atoms with Crippen LogP contribution in [0.2, 0.25) is 0 Å². The van der Waals surface area contributed by atoms with Gasteiger partial charge in [-0.2, -0.15) is 11.8 Å². The van der Waals surface area contributed by atoms with Crippen molar-refractivity contribution in [3.63, 3.8) is 0 Å². The van der Waals surface area contributed by atoms with E-state index in [1.165, 1.54) is 44.0 Å². The number of nitrogens with one attached hydrogen (secondary N) is 1. The lowest BCUT2D eigenvalue weighted by atomic mass is 10.1. The second-order valence-corrected chi connectivity index (χ2v) is 6.46. The Morgan fingerprint density at radius 3 is 2.75 bits per heavy atom. The van der Waals surface area contributed by atoms with Crippen molar-refractivity contribution in [3.05, 3.63) is 0 Å². The Labute approximate surface area is 106 Å². The Kier molecular flexibility index (Phi) is 7.50. The van der Waals surface area contributed by atoms with Crippen LogP contribution in [0, 0.1) is 5.92 Å². The molecule has 96 valence electrons. The summed E-state index contributed by atoms with van der Waals surface area (Å²) in [5, 5.41) is 3.59. The fraction of sp³-hybridized carbons (Fsp3) is 1.00. The first-order valence-electron chi connectivity index (χ1n) is 6.72. The van der Waals surface area contributed by atoms with Gasteiger partial charge in [-0.05, 0) is 44.5 Å². The third-order valence-electron chi connectivity index (χ3n) is 3.22. The smallest absolute Gasteiger partial charge is 0.0192 e. The van der Waals surface area contributed by atoms with Gasteiger partial charge in [0.25, 0.3) is 0 Å². The minimum Gasteiger partial charge on any atom is -0.315 e. The highest BCUT2D eigenvalue weighted by Crippen LogP contribution is 2.12. The van der Waals surface area contributed by atoms with Gasteiger partial charge >= 0.3 is 0 Å². The fourth-order valence-electron chi connectivity index (χ4n) is 2.04. The van der Waals surface area contributed by atoms with E-state index in [9.17, 15) is 0 Å². The van der Waals surface area contributed by atoms with E-state index < -0.39 is 0 Å². The SMILES string of the molecule is CC(C)CCNCC(C)N1CCCSCC1. The number of nitrogens with zero attached hydrogens (tertiary/aromatic N) is 1. The van der Waals surface area contributed by atoms with Gasteiger partial charge in [-0.15, -0.1) is 0 Å². The molecule has 1 fully saturated rings. The zero-order valence-electron chi connectivity index (χ0n) is 11.2. The Hall–Kier alpha value is 0.270. The van der Waals surface area contributed by atoms with Crippen molar-refractivity contribution in [2.24, 2.45) is 5.92 Å². The van der Waals surface area contributed by atoms with Crippen LogP contribution in [0.1, 0.15) is 33.6 Å². The van der Waals surface area contributed by atoms with E-state index in [0.29, 0.717) is 6.04 Å². The quantitative estimate of drug-likeness (QED) is 0.723. The average Bonchev–Trinajstić information content (AvgIpc) is 2.52. The van der Waals surface area contributed by atoms with E-state index in [-0.39, 0.29) is 0 Å². The molecule has 1 aliphatic rings. The van der Waals surface area contributed by atoms with Crippen LogP contribution in [0.5, 0.6) is 0 Å².